The fourth-order valence-corrected chi connectivity index (χ4v) is 4.44. The van der Waals surface area contributed by atoms with E-state index in [1.54, 1.807) is 24.3 Å². The van der Waals surface area contributed by atoms with Crippen LogP contribution in [0.1, 0.15) is 29.6 Å². The van der Waals surface area contributed by atoms with E-state index in [9.17, 15) is 13.2 Å². The molecule has 1 saturated heterocycles. The van der Waals surface area contributed by atoms with Gasteiger partial charge in [0.2, 0.25) is 10.0 Å². The SMILES string of the molecule is COc1cccnc1NC(=O)c1cccc(S(=O)(=O)N2CCCCC2)c1. The molecule has 26 heavy (non-hydrogen) atoms. The summed E-state index contributed by atoms with van der Waals surface area (Å²) in [5.74, 6) is 0.264. The number of sulfonamides is 1. The molecule has 0 bridgehead atoms. The van der Waals surface area contributed by atoms with Gasteiger partial charge in [0.15, 0.2) is 11.6 Å². The normalized spacial score (nSPS) is 15.4. The molecule has 1 aromatic carbocycles. The molecule has 1 fully saturated rings. The molecular weight excluding hydrogens is 354 g/mol. The van der Waals surface area contributed by atoms with E-state index < -0.39 is 15.9 Å². The van der Waals surface area contributed by atoms with Crippen molar-refractivity contribution in [2.24, 2.45) is 0 Å². The summed E-state index contributed by atoms with van der Waals surface area (Å²) in [4.78, 5) is 16.7. The van der Waals surface area contributed by atoms with E-state index in [0.717, 1.165) is 19.3 Å². The predicted molar refractivity (Wildman–Crippen MR) is 97.8 cm³/mol. The highest BCUT2D eigenvalue weighted by Gasteiger charge is 2.26. The Morgan fingerprint density at radius 2 is 1.92 bits per heavy atom. The molecule has 1 N–H and O–H groups in total. The van der Waals surface area contributed by atoms with Gasteiger partial charge in [-0.1, -0.05) is 12.5 Å². The fraction of sp³-hybridized carbons (Fsp3) is 0.333. The minimum Gasteiger partial charge on any atom is -0.493 e. The smallest absolute Gasteiger partial charge is 0.256 e. The third kappa shape index (κ3) is 3.86. The molecule has 0 unspecified atom stereocenters. The van der Waals surface area contributed by atoms with Gasteiger partial charge < -0.3 is 10.1 Å². The average molecular weight is 375 g/mol. The third-order valence-corrected chi connectivity index (χ3v) is 6.17. The first kappa shape index (κ1) is 18.3. The van der Waals surface area contributed by atoms with Crippen LogP contribution in [-0.4, -0.2) is 43.8 Å². The zero-order valence-corrected chi connectivity index (χ0v) is 15.3. The van der Waals surface area contributed by atoms with E-state index in [4.69, 9.17) is 4.74 Å². The van der Waals surface area contributed by atoms with Crippen LogP contribution in [0.25, 0.3) is 0 Å². The van der Waals surface area contributed by atoms with Gasteiger partial charge in [0, 0.05) is 24.8 Å². The van der Waals surface area contributed by atoms with E-state index in [-0.39, 0.29) is 16.3 Å². The molecule has 2 aromatic rings. The van der Waals surface area contributed by atoms with Crippen molar-refractivity contribution in [1.29, 1.82) is 0 Å². The molecule has 8 heteroatoms. The summed E-state index contributed by atoms with van der Waals surface area (Å²) in [5.41, 5.74) is 0.246. The number of hydrogen-bond acceptors (Lipinski definition) is 5. The molecular formula is C18H21N3O4S. The van der Waals surface area contributed by atoms with Gasteiger partial charge in [-0.05, 0) is 43.2 Å². The zero-order chi connectivity index (χ0) is 18.6. The average Bonchev–Trinajstić information content (AvgIpc) is 2.69. The van der Waals surface area contributed by atoms with Gasteiger partial charge in [-0.25, -0.2) is 13.4 Å². The second-order valence-electron chi connectivity index (χ2n) is 6.00. The van der Waals surface area contributed by atoms with Crippen LogP contribution in [0.15, 0.2) is 47.5 Å². The lowest BCUT2D eigenvalue weighted by molar-refractivity contribution is 0.102. The van der Waals surface area contributed by atoms with Crippen molar-refractivity contribution in [3.8, 4) is 5.75 Å². The molecule has 3 rings (SSSR count). The highest BCUT2D eigenvalue weighted by molar-refractivity contribution is 7.89. The van der Waals surface area contributed by atoms with Gasteiger partial charge >= 0.3 is 0 Å². The van der Waals surface area contributed by atoms with Crippen molar-refractivity contribution in [1.82, 2.24) is 9.29 Å². The Hall–Kier alpha value is -2.45. The lowest BCUT2D eigenvalue weighted by Gasteiger charge is -2.26. The van der Waals surface area contributed by atoms with Crippen molar-refractivity contribution in [2.75, 3.05) is 25.5 Å². The maximum absolute atomic E-state index is 12.8. The molecule has 0 saturated carbocycles. The first-order valence-corrected chi connectivity index (χ1v) is 9.87. The number of aromatic nitrogens is 1. The number of nitrogens with one attached hydrogen (secondary N) is 1. The molecule has 7 nitrogen and oxygen atoms in total. The Balaban J connectivity index is 1.83. The molecule has 1 amide bonds. The van der Waals surface area contributed by atoms with E-state index in [2.05, 4.69) is 10.3 Å². The van der Waals surface area contributed by atoms with Crippen LogP contribution in [0.2, 0.25) is 0 Å². The third-order valence-electron chi connectivity index (χ3n) is 4.27. The second kappa shape index (κ2) is 7.84. The minimum atomic E-state index is -3.59. The summed E-state index contributed by atoms with van der Waals surface area (Å²) in [6, 6.07) is 9.43. The summed E-state index contributed by atoms with van der Waals surface area (Å²) >= 11 is 0. The minimum absolute atomic E-state index is 0.125. The molecule has 1 aromatic heterocycles. The first-order chi connectivity index (χ1) is 12.5. The van der Waals surface area contributed by atoms with E-state index in [0.29, 0.717) is 18.8 Å². The number of methoxy groups -OCH3 is 1. The van der Waals surface area contributed by atoms with Gasteiger partial charge in [0.25, 0.3) is 5.91 Å². The Morgan fingerprint density at radius 3 is 2.65 bits per heavy atom. The number of carbonyl (C=O) groups is 1. The molecule has 1 aliphatic heterocycles. The van der Waals surface area contributed by atoms with Crippen molar-refractivity contribution >= 4 is 21.7 Å². The van der Waals surface area contributed by atoms with Crippen LogP contribution in [0.3, 0.4) is 0 Å². The van der Waals surface area contributed by atoms with Crippen LogP contribution in [0, 0.1) is 0 Å². The number of benzene rings is 1. The highest BCUT2D eigenvalue weighted by atomic mass is 32.2. The van der Waals surface area contributed by atoms with Crippen molar-refractivity contribution in [3.63, 3.8) is 0 Å². The number of ether oxygens (including phenoxy) is 1. The number of anilines is 1. The van der Waals surface area contributed by atoms with Gasteiger partial charge in [-0.15, -0.1) is 0 Å². The van der Waals surface area contributed by atoms with Crippen LogP contribution in [0.4, 0.5) is 5.82 Å². The standard InChI is InChI=1S/C18H21N3O4S/c1-25-16-9-6-10-19-17(16)20-18(22)14-7-5-8-15(13-14)26(23,24)21-11-3-2-4-12-21/h5-10,13H,2-4,11-12H2,1H3,(H,19,20,22). The number of hydrogen-bond donors (Lipinski definition) is 1. The van der Waals surface area contributed by atoms with E-state index in [1.165, 1.54) is 29.7 Å². The molecule has 0 radical (unpaired) electrons. The summed E-state index contributed by atoms with van der Waals surface area (Å²) < 4.78 is 32.2. The number of pyridine rings is 1. The van der Waals surface area contributed by atoms with Crippen LogP contribution < -0.4 is 10.1 Å². The molecule has 138 valence electrons. The summed E-state index contributed by atoms with van der Waals surface area (Å²) in [6.07, 6.45) is 4.30. The number of amides is 1. The second-order valence-corrected chi connectivity index (χ2v) is 7.94. The monoisotopic (exact) mass is 375 g/mol. The Morgan fingerprint density at radius 1 is 1.15 bits per heavy atom. The van der Waals surface area contributed by atoms with Gasteiger partial charge in [-0.2, -0.15) is 4.31 Å². The summed E-state index contributed by atoms with van der Waals surface area (Å²) in [7, 11) is -2.11. The Labute approximate surface area is 153 Å². The Bertz CT molecular complexity index is 893. The van der Waals surface area contributed by atoms with Crippen LogP contribution in [0.5, 0.6) is 5.75 Å². The maximum Gasteiger partial charge on any atom is 0.256 e. The number of carbonyl (C=O) groups excluding carboxylic acids is 1. The predicted octanol–water partition coefficient (Wildman–Crippen LogP) is 2.52. The molecule has 1 aliphatic rings. The molecule has 0 spiro atoms. The van der Waals surface area contributed by atoms with Gasteiger partial charge in [0.05, 0.1) is 12.0 Å². The largest absolute Gasteiger partial charge is 0.493 e. The topological polar surface area (TPSA) is 88.6 Å². The lowest BCUT2D eigenvalue weighted by Crippen LogP contribution is -2.35. The van der Waals surface area contributed by atoms with Gasteiger partial charge in [0.1, 0.15) is 0 Å². The zero-order valence-electron chi connectivity index (χ0n) is 14.5. The maximum atomic E-state index is 12.8. The van der Waals surface area contributed by atoms with E-state index in [1.807, 2.05) is 0 Å². The van der Waals surface area contributed by atoms with Gasteiger partial charge in [-0.3, -0.25) is 4.79 Å². The molecule has 0 atom stereocenters. The molecule has 0 aliphatic carbocycles. The number of piperidine rings is 1. The highest BCUT2D eigenvalue weighted by Crippen LogP contribution is 2.23. The molecule has 2 heterocycles. The quantitative estimate of drug-likeness (QED) is 0.867. The fourth-order valence-electron chi connectivity index (χ4n) is 2.88. The first-order valence-electron chi connectivity index (χ1n) is 8.43. The lowest BCUT2D eigenvalue weighted by atomic mass is 10.2. The summed E-state index contributed by atoms with van der Waals surface area (Å²) in [6.45, 7) is 1.04. The summed E-state index contributed by atoms with van der Waals surface area (Å²) in [5, 5.41) is 2.65. The number of rotatable bonds is 5. The van der Waals surface area contributed by atoms with Crippen LogP contribution in [-0.2, 0) is 10.0 Å². The van der Waals surface area contributed by atoms with E-state index >= 15 is 0 Å². The number of nitrogens with zero attached hydrogens (tertiary/aromatic N) is 2. The van der Waals surface area contributed by atoms with Crippen molar-refractivity contribution in [2.45, 2.75) is 24.2 Å². The van der Waals surface area contributed by atoms with Crippen molar-refractivity contribution < 1.29 is 17.9 Å². The van der Waals surface area contributed by atoms with Crippen molar-refractivity contribution in [3.05, 3.63) is 48.2 Å². The van der Waals surface area contributed by atoms with Crippen LogP contribution >= 0.6 is 0 Å². The Kier molecular flexibility index (Phi) is 5.53.